The van der Waals surface area contributed by atoms with Crippen molar-refractivity contribution in [2.24, 2.45) is 5.92 Å². The number of fused-ring (bicyclic) bond motifs is 1. The summed E-state index contributed by atoms with van der Waals surface area (Å²) in [5.74, 6) is 0.0104. The summed E-state index contributed by atoms with van der Waals surface area (Å²) >= 11 is 4.32. The minimum absolute atomic E-state index is 0.0104. The van der Waals surface area contributed by atoms with Crippen LogP contribution < -0.4 is 0 Å². The molecule has 0 aromatic heterocycles. The summed E-state index contributed by atoms with van der Waals surface area (Å²) in [4.78, 5) is 0. The van der Waals surface area contributed by atoms with Crippen molar-refractivity contribution >= 4 is 22.7 Å². The lowest BCUT2D eigenvalue weighted by Gasteiger charge is -2.21. The molecule has 3 saturated heterocycles. The lowest BCUT2D eigenvalue weighted by Crippen LogP contribution is -2.41. The normalized spacial score (nSPS) is 61.7. The Labute approximate surface area is 82.1 Å². The van der Waals surface area contributed by atoms with Crippen molar-refractivity contribution in [1.82, 2.24) is 0 Å². The van der Waals surface area contributed by atoms with E-state index in [9.17, 15) is 8.42 Å². The first-order valence-electron chi connectivity index (χ1n) is 4.28. The van der Waals surface area contributed by atoms with Crippen LogP contribution in [0.15, 0.2) is 0 Å². The van der Waals surface area contributed by atoms with Gasteiger partial charge in [0.25, 0.3) is 10.1 Å². The Morgan fingerprint density at radius 3 is 2.54 bits per heavy atom. The zero-order valence-electron chi connectivity index (χ0n) is 6.95. The zero-order chi connectivity index (χ0) is 9.38. The first-order chi connectivity index (χ1) is 6.02. The van der Waals surface area contributed by atoms with E-state index in [0.717, 1.165) is 0 Å². The van der Waals surface area contributed by atoms with Gasteiger partial charge in [0.15, 0.2) is 0 Å². The largest absolute Gasteiger partial charge is 0.369 e. The molecule has 0 amide bonds. The van der Waals surface area contributed by atoms with Gasteiger partial charge in [0.1, 0.15) is 17.5 Å². The van der Waals surface area contributed by atoms with E-state index in [1.54, 1.807) is 0 Å². The van der Waals surface area contributed by atoms with Crippen LogP contribution in [0.5, 0.6) is 0 Å². The van der Waals surface area contributed by atoms with E-state index in [-0.39, 0.29) is 29.5 Å². The highest BCUT2D eigenvalue weighted by Gasteiger charge is 2.68. The molecule has 3 aliphatic heterocycles. The summed E-state index contributed by atoms with van der Waals surface area (Å²) in [6.07, 6.45) is -0.673. The number of hydrogen-bond acceptors (Lipinski definition) is 5. The molecule has 13 heavy (non-hydrogen) atoms. The van der Waals surface area contributed by atoms with Gasteiger partial charge in [-0.1, -0.05) is 6.92 Å². The molecule has 3 fully saturated rings. The van der Waals surface area contributed by atoms with Crippen molar-refractivity contribution in [3.05, 3.63) is 0 Å². The molecule has 0 aliphatic carbocycles. The highest BCUT2D eigenvalue weighted by atomic mass is 32.2. The summed E-state index contributed by atoms with van der Waals surface area (Å²) in [7, 11) is -3.39. The Balaban J connectivity index is 2.14. The first kappa shape index (κ1) is 8.52. The Morgan fingerprint density at radius 1 is 1.23 bits per heavy atom. The fraction of sp³-hybridized carbons (Fsp3) is 1.00. The minimum Gasteiger partial charge on any atom is -0.369 e. The van der Waals surface area contributed by atoms with Gasteiger partial charge in [-0.25, -0.2) is 0 Å². The van der Waals surface area contributed by atoms with Crippen LogP contribution in [0.2, 0.25) is 0 Å². The van der Waals surface area contributed by atoms with Crippen LogP contribution in [0.1, 0.15) is 6.92 Å². The maximum Gasteiger partial charge on any atom is 0.273 e. The van der Waals surface area contributed by atoms with Crippen molar-refractivity contribution in [2.75, 3.05) is 0 Å². The molecule has 3 heterocycles. The second-order valence-electron chi connectivity index (χ2n) is 3.93. The third-order valence-corrected chi connectivity index (χ3v) is 5.69. The predicted molar refractivity (Wildman–Crippen MR) is 48.2 cm³/mol. The average molecular weight is 222 g/mol. The molecular formula is C7H10O4S2. The third kappa shape index (κ3) is 0.830. The molecule has 6 atom stereocenters. The fourth-order valence-electron chi connectivity index (χ4n) is 2.66. The van der Waals surface area contributed by atoms with Gasteiger partial charge in [-0.2, -0.15) is 21.0 Å². The van der Waals surface area contributed by atoms with E-state index in [1.807, 2.05) is 6.92 Å². The zero-order valence-corrected chi connectivity index (χ0v) is 8.66. The molecule has 6 heteroatoms. The lowest BCUT2D eigenvalue weighted by atomic mass is 9.88. The van der Waals surface area contributed by atoms with Gasteiger partial charge in [0.2, 0.25) is 0 Å². The van der Waals surface area contributed by atoms with Crippen LogP contribution >= 0.6 is 12.6 Å². The van der Waals surface area contributed by atoms with Crippen LogP contribution in [0, 0.1) is 5.92 Å². The van der Waals surface area contributed by atoms with E-state index in [0.29, 0.717) is 0 Å². The van der Waals surface area contributed by atoms with Crippen molar-refractivity contribution in [1.29, 1.82) is 0 Å². The van der Waals surface area contributed by atoms with Gasteiger partial charge in [0, 0.05) is 5.92 Å². The van der Waals surface area contributed by atoms with Crippen molar-refractivity contribution in [3.63, 3.8) is 0 Å². The van der Waals surface area contributed by atoms with Gasteiger partial charge in [0.05, 0.1) is 11.4 Å². The summed E-state index contributed by atoms with van der Waals surface area (Å²) in [5, 5.41) is -0.542. The average Bonchev–Trinajstić information content (AvgIpc) is 2.54. The van der Waals surface area contributed by atoms with E-state index in [1.165, 1.54) is 0 Å². The SMILES string of the molecule is CC1C2OC3C(OS(=O)(=O)C13)C2S. The Kier molecular flexibility index (Phi) is 1.47. The Bertz CT molecular complexity index is 352. The number of hydrogen-bond donors (Lipinski definition) is 1. The van der Waals surface area contributed by atoms with Gasteiger partial charge < -0.3 is 4.74 Å². The third-order valence-electron chi connectivity index (χ3n) is 3.25. The smallest absolute Gasteiger partial charge is 0.273 e. The quantitative estimate of drug-likeness (QED) is 0.455. The molecule has 4 nitrogen and oxygen atoms in total. The maximum atomic E-state index is 11.5. The highest BCUT2D eigenvalue weighted by molar-refractivity contribution is 7.88. The monoisotopic (exact) mass is 222 g/mol. The molecule has 3 aliphatic rings. The van der Waals surface area contributed by atoms with E-state index < -0.39 is 15.4 Å². The van der Waals surface area contributed by atoms with Crippen molar-refractivity contribution < 1.29 is 17.3 Å². The van der Waals surface area contributed by atoms with Gasteiger partial charge in [-0.05, 0) is 0 Å². The molecule has 0 N–H and O–H groups in total. The van der Waals surface area contributed by atoms with E-state index >= 15 is 0 Å². The fourth-order valence-corrected chi connectivity index (χ4v) is 5.21. The van der Waals surface area contributed by atoms with Crippen molar-refractivity contribution in [2.45, 2.75) is 35.7 Å². The molecule has 2 bridgehead atoms. The topological polar surface area (TPSA) is 52.6 Å². The van der Waals surface area contributed by atoms with Crippen LogP contribution in [0.25, 0.3) is 0 Å². The summed E-state index contributed by atoms with van der Waals surface area (Å²) in [5.41, 5.74) is 0. The van der Waals surface area contributed by atoms with Crippen LogP contribution in [0.3, 0.4) is 0 Å². The molecule has 6 unspecified atom stereocenters. The first-order valence-corrected chi connectivity index (χ1v) is 6.27. The van der Waals surface area contributed by atoms with Gasteiger partial charge >= 0.3 is 0 Å². The maximum absolute atomic E-state index is 11.5. The molecule has 0 aromatic rings. The standard InChI is InChI=1S/C7H10O4S2/c1-2-3-6(12)4-5(10-3)7(2)13(8,9)11-4/h2-7,12H,1H3. The van der Waals surface area contributed by atoms with Gasteiger partial charge in [-0.15, -0.1) is 0 Å². The lowest BCUT2D eigenvalue weighted by molar-refractivity contribution is 0.0784. The summed E-state index contributed by atoms with van der Waals surface area (Å²) < 4.78 is 33.5. The van der Waals surface area contributed by atoms with E-state index in [2.05, 4.69) is 12.6 Å². The molecule has 0 spiro atoms. The molecule has 74 valence electrons. The number of ether oxygens (including phenoxy) is 1. The molecule has 0 aromatic carbocycles. The minimum atomic E-state index is -3.39. The van der Waals surface area contributed by atoms with Crippen LogP contribution in [0.4, 0.5) is 0 Å². The Morgan fingerprint density at radius 2 is 1.92 bits per heavy atom. The van der Waals surface area contributed by atoms with Gasteiger partial charge in [-0.3, -0.25) is 4.18 Å². The molecule has 0 saturated carbocycles. The van der Waals surface area contributed by atoms with Crippen LogP contribution in [-0.2, 0) is 19.0 Å². The number of rotatable bonds is 0. The number of thiol groups is 1. The van der Waals surface area contributed by atoms with Crippen molar-refractivity contribution in [3.8, 4) is 0 Å². The molecule has 3 rings (SSSR count). The van der Waals surface area contributed by atoms with Crippen LogP contribution in [-0.4, -0.2) is 37.2 Å². The summed E-state index contributed by atoms with van der Waals surface area (Å²) in [6.45, 7) is 1.89. The molecule has 0 radical (unpaired) electrons. The molecular weight excluding hydrogens is 212 g/mol. The van der Waals surface area contributed by atoms with E-state index in [4.69, 9.17) is 8.92 Å². The Hall–Kier alpha value is 0.220. The summed E-state index contributed by atoms with van der Waals surface area (Å²) in [6, 6.07) is 0. The highest BCUT2D eigenvalue weighted by Crippen LogP contribution is 2.51. The second-order valence-corrected chi connectivity index (χ2v) is 6.25. The predicted octanol–water partition coefficient (Wildman–Crippen LogP) is -0.201. The second kappa shape index (κ2) is 2.24.